The van der Waals surface area contributed by atoms with Gasteiger partial charge in [-0.3, -0.25) is 0 Å². The normalized spacial score (nSPS) is 10.3. The van der Waals surface area contributed by atoms with Crippen LogP contribution in [0.4, 0.5) is 0 Å². The molecule has 0 fully saturated rings. The van der Waals surface area contributed by atoms with Gasteiger partial charge in [0, 0.05) is 6.42 Å². The van der Waals surface area contributed by atoms with Gasteiger partial charge in [0.2, 0.25) is 0 Å². The van der Waals surface area contributed by atoms with Crippen molar-refractivity contribution in [3.8, 4) is 0 Å². The Kier molecular flexibility index (Phi) is 10.6. The van der Waals surface area contributed by atoms with Crippen LogP contribution in [0.15, 0.2) is 30.3 Å². The average molecular weight is 320 g/mol. The monoisotopic (exact) mass is 320 g/mol. The van der Waals surface area contributed by atoms with E-state index < -0.39 is 11.9 Å². The van der Waals surface area contributed by atoms with Gasteiger partial charge < -0.3 is 9.47 Å². The van der Waals surface area contributed by atoms with Gasteiger partial charge in [-0.25, -0.2) is 9.59 Å². The van der Waals surface area contributed by atoms with Crippen LogP contribution < -0.4 is 0 Å². The average Bonchev–Trinajstić information content (AvgIpc) is 2.58. The highest BCUT2D eigenvalue weighted by Gasteiger charge is 2.16. The largest absolute Gasteiger partial charge is 0.457 e. The quantitative estimate of drug-likeness (QED) is 0.350. The van der Waals surface area contributed by atoms with E-state index in [9.17, 15) is 9.59 Å². The van der Waals surface area contributed by atoms with Crippen molar-refractivity contribution in [1.29, 1.82) is 0 Å². The number of esters is 2. The summed E-state index contributed by atoms with van der Waals surface area (Å²) in [6.07, 6.45) is 8.59. The van der Waals surface area contributed by atoms with Gasteiger partial charge in [0.05, 0.1) is 13.2 Å². The van der Waals surface area contributed by atoms with Gasteiger partial charge in [0.15, 0.2) is 0 Å². The number of rotatable bonds is 11. The number of hydrogen-bond donors (Lipinski definition) is 0. The Morgan fingerprint density at radius 1 is 0.783 bits per heavy atom. The van der Waals surface area contributed by atoms with Crippen LogP contribution in [0.1, 0.15) is 57.4 Å². The molecular formula is C19H28O4. The SMILES string of the molecule is CCCCCCCCCOC(=O)C(=O)OCCc1ccccc1. The summed E-state index contributed by atoms with van der Waals surface area (Å²) in [6.45, 7) is 2.67. The summed E-state index contributed by atoms with van der Waals surface area (Å²) >= 11 is 0. The van der Waals surface area contributed by atoms with Crippen molar-refractivity contribution >= 4 is 11.9 Å². The molecule has 4 nitrogen and oxygen atoms in total. The molecule has 0 saturated carbocycles. The summed E-state index contributed by atoms with van der Waals surface area (Å²) < 4.78 is 9.84. The Morgan fingerprint density at radius 2 is 1.35 bits per heavy atom. The maximum Gasteiger partial charge on any atom is 0.417 e. The standard InChI is InChI=1S/C19H28O4/c1-2-3-4-5-6-7-11-15-22-18(20)19(21)23-16-14-17-12-9-8-10-13-17/h8-10,12-13H,2-7,11,14-16H2,1H3. The maximum absolute atomic E-state index is 11.5. The zero-order valence-electron chi connectivity index (χ0n) is 14.1. The molecule has 0 saturated heterocycles. The second-order valence-electron chi connectivity index (χ2n) is 5.63. The van der Waals surface area contributed by atoms with Crippen molar-refractivity contribution in [3.05, 3.63) is 35.9 Å². The Hall–Kier alpha value is -1.84. The molecule has 23 heavy (non-hydrogen) atoms. The third-order valence-electron chi connectivity index (χ3n) is 3.61. The fraction of sp³-hybridized carbons (Fsp3) is 0.579. The van der Waals surface area contributed by atoms with Crippen molar-refractivity contribution in [3.63, 3.8) is 0 Å². The molecule has 0 heterocycles. The summed E-state index contributed by atoms with van der Waals surface area (Å²) in [4.78, 5) is 22.9. The van der Waals surface area contributed by atoms with E-state index in [0.717, 1.165) is 24.8 Å². The zero-order chi connectivity index (χ0) is 16.8. The van der Waals surface area contributed by atoms with Crippen molar-refractivity contribution < 1.29 is 19.1 Å². The van der Waals surface area contributed by atoms with Gasteiger partial charge in [-0.1, -0.05) is 75.8 Å². The van der Waals surface area contributed by atoms with E-state index in [1.807, 2.05) is 30.3 Å². The predicted molar refractivity (Wildman–Crippen MR) is 90.1 cm³/mol. The Bertz CT molecular complexity index is 442. The van der Waals surface area contributed by atoms with Crippen LogP contribution >= 0.6 is 0 Å². The van der Waals surface area contributed by atoms with Gasteiger partial charge in [-0.2, -0.15) is 0 Å². The summed E-state index contributed by atoms with van der Waals surface area (Å²) in [5, 5.41) is 0. The summed E-state index contributed by atoms with van der Waals surface area (Å²) in [6, 6.07) is 9.68. The molecule has 0 aliphatic rings. The minimum atomic E-state index is -0.899. The van der Waals surface area contributed by atoms with E-state index in [2.05, 4.69) is 6.92 Å². The first-order valence-corrected chi connectivity index (χ1v) is 8.62. The van der Waals surface area contributed by atoms with E-state index >= 15 is 0 Å². The van der Waals surface area contributed by atoms with Gasteiger partial charge >= 0.3 is 11.9 Å². The van der Waals surface area contributed by atoms with Crippen LogP contribution in [0.5, 0.6) is 0 Å². The summed E-state index contributed by atoms with van der Waals surface area (Å²) in [5.41, 5.74) is 1.07. The second kappa shape index (κ2) is 12.7. The first-order valence-electron chi connectivity index (χ1n) is 8.62. The fourth-order valence-electron chi connectivity index (χ4n) is 2.25. The summed E-state index contributed by atoms with van der Waals surface area (Å²) in [5.74, 6) is -1.78. The molecule has 0 amide bonds. The highest BCUT2D eigenvalue weighted by atomic mass is 16.6. The minimum Gasteiger partial charge on any atom is -0.457 e. The Balaban J connectivity index is 2.00. The lowest BCUT2D eigenvalue weighted by Gasteiger charge is -2.06. The molecule has 0 aliphatic carbocycles. The highest BCUT2D eigenvalue weighted by Crippen LogP contribution is 2.07. The lowest BCUT2D eigenvalue weighted by atomic mass is 10.1. The summed E-state index contributed by atoms with van der Waals surface area (Å²) in [7, 11) is 0. The molecule has 0 aliphatic heterocycles. The lowest BCUT2D eigenvalue weighted by molar-refractivity contribution is -0.167. The Morgan fingerprint density at radius 3 is 2.00 bits per heavy atom. The van der Waals surface area contributed by atoms with Gasteiger partial charge in [-0.15, -0.1) is 0 Å². The Labute approximate surface area is 139 Å². The van der Waals surface area contributed by atoms with E-state index in [1.54, 1.807) is 0 Å². The number of ether oxygens (including phenoxy) is 2. The topological polar surface area (TPSA) is 52.6 Å². The van der Waals surface area contributed by atoms with E-state index in [0.29, 0.717) is 13.0 Å². The first-order chi connectivity index (χ1) is 11.2. The molecule has 128 valence electrons. The van der Waals surface area contributed by atoms with Crippen LogP contribution in [-0.4, -0.2) is 25.2 Å². The molecule has 4 heteroatoms. The molecular weight excluding hydrogens is 292 g/mol. The molecule has 1 aromatic rings. The number of unbranched alkanes of at least 4 members (excludes halogenated alkanes) is 6. The molecule has 1 rings (SSSR count). The van der Waals surface area contributed by atoms with Crippen molar-refractivity contribution in [1.82, 2.24) is 0 Å². The van der Waals surface area contributed by atoms with Crippen LogP contribution in [0.3, 0.4) is 0 Å². The van der Waals surface area contributed by atoms with Crippen molar-refractivity contribution in [2.45, 2.75) is 58.3 Å². The number of carbonyl (C=O) groups excluding carboxylic acids is 2. The fourth-order valence-corrected chi connectivity index (χ4v) is 2.25. The number of hydrogen-bond acceptors (Lipinski definition) is 4. The highest BCUT2D eigenvalue weighted by molar-refractivity contribution is 6.29. The first kappa shape index (κ1) is 19.2. The maximum atomic E-state index is 11.5. The van der Waals surface area contributed by atoms with Gasteiger partial charge in [0.25, 0.3) is 0 Å². The van der Waals surface area contributed by atoms with Gasteiger partial charge in [0.1, 0.15) is 0 Å². The smallest absolute Gasteiger partial charge is 0.417 e. The van der Waals surface area contributed by atoms with E-state index in [1.165, 1.54) is 25.7 Å². The number of benzene rings is 1. The van der Waals surface area contributed by atoms with Gasteiger partial charge in [-0.05, 0) is 12.0 Å². The molecule has 0 spiro atoms. The molecule has 0 bridgehead atoms. The van der Waals surface area contributed by atoms with E-state index in [-0.39, 0.29) is 6.61 Å². The van der Waals surface area contributed by atoms with Crippen LogP contribution in [-0.2, 0) is 25.5 Å². The lowest BCUT2D eigenvalue weighted by Crippen LogP contribution is -2.21. The van der Waals surface area contributed by atoms with Crippen molar-refractivity contribution in [2.75, 3.05) is 13.2 Å². The van der Waals surface area contributed by atoms with Crippen molar-refractivity contribution in [2.24, 2.45) is 0 Å². The third-order valence-corrected chi connectivity index (χ3v) is 3.61. The van der Waals surface area contributed by atoms with Crippen LogP contribution in [0.25, 0.3) is 0 Å². The molecule has 0 aromatic heterocycles. The molecule has 0 radical (unpaired) electrons. The number of carbonyl (C=O) groups is 2. The van der Waals surface area contributed by atoms with E-state index in [4.69, 9.17) is 9.47 Å². The molecule has 0 atom stereocenters. The predicted octanol–water partition coefficient (Wildman–Crippen LogP) is 4.07. The van der Waals surface area contributed by atoms with Crippen LogP contribution in [0, 0.1) is 0 Å². The molecule has 0 unspecified atom stereocenters. The second-order valence-corrected chi connectivity index (χ2v) is 5.63. The minimum absolute atomic E-state index is 0.190. The molecule has 0 N–H and O–H groups in total. The van der Waals surface area contributed by atoms with Crippen LogP contribution in [0.2, 0.25) is 0 Å². The molecule has 1 aromatic carbocycles. The third kappa shape index (κ3) is 9.72. The zero-order valence-corrected chi connectivity index (χ0v) is 14.1.